The maximum Gasteiger partial charge on any atom is 0.437 e. The van der Waals surface area contributed by atoms with Crippen molar-refractivity contribution in [2.45, 2.75) is 26.6 Å². The van der Waals surface area contributed by atoms with Gasteiger partial charge in [0.25, 0.3) is 0 Å². The van der Waals surface area contributed by atoms with E-state index in [9.17, 15) is 18.0 Å². The van der Waals surface area contributed by atoms with Crippen molar-refractivity contribution in [3.05, 3.63) is 59.7 Å². The van der Waals surface area contributed by atoms with Crippen molar-refractivity contribution in [1.29, 1.82) is 0 Å². The zero-order chi connectivity index (χ0) is 19.2. The first kappa shape index (κ1) is 19.3. The number of halogens is 3. The Hall–Kier alpha value is -3.03. The maximum atomic E-state index is 12.7. The Morgan fingerprint density at radius 2 is 1.85 bits per heavy atom. The lowest BCUT2D eigenvalue weighted by atomic mass is 10.2. The molecule has 0 radical (unpaired) electrons. The van der Waals surface area contributed by atoms with Gasteiger partial charge in [0.05, 0.1) is 11.3 Å². The highest BCUT2D eigenvalue weighted by Gasteiger charge is 2.30. The standard InChI is InChI=1S/C18H17F3N2O3/c1-12(2)23-26-17(24)22-15-7-3-5-13(9-15)11-25-16-8-4-6-14(10-16)18(19,20)21/h3-10H,11H2,1-2H3,(H,22,24). The number of hydrogen-bond acceptors (Lipinski definition) is 4. The first-order valence-corrected chi connectivity index (χ1v) is 7.62. The summed E-state index contributed by atoms with van der Waals surface area (Å²) in [7, 11) is 0. The molecule has 0 atom stereocenters. The number of nitrogens with zero attached hydrogens (tertiary/aromatic N) is 1. The van der Waals surface area contributed by atoms with Crippen LogP contribution in [0, 0.1) is 0 Å². The van der Waals surface area contributed by atoms with E-state index in [1.54, 1.807) is 38.1 Å². The largest absolute Gasteiger partial charge is 0.489 e. The number of ether oxygens (including phenoxy) is 1. The molecule has 2 aromatic rings. The number of nitrogens with one attached hydrogen (secondary N) is 1. The summed E-state index contributed by atoms with van der Waals surface area (Å²) in [6, 6.07) is 11.3. The number of benzene rings is 2. The van der Waals surface area contributed by atoms with Crippen LogP contribution in [0.25, 0.3) is 0 Å². The molecule has 0 aromatic heterocycles. The topological polar surface area (TPSA) is 59.9 Å². The van der Waals surface area contributed by atoms with Crippen molar-refractivity contribution in [3.8, 4) is 5.75 Å². The second kappa shape index (κ2) is 8.37. The third kappa shape index (κ3) is 6.12. The number of oxime groups is 1. The molecule has 0 bridgehead atoms. The van der Waals surface area contributed by atoms with Crippen molar-refractivity contribution in [2.24, 2.45) is 5.16 Å². The molecule has 0 unspecified atom stereocenters. The van der Waals surface area contributed by atoms with E-state index in [2.05, 4.69) is 15.3 Å². The van der Waals surface area contributed by atoms with Crippen LogP contribution in [-0.4, -0.2) is 11.8 Å². The zero-order valence-corrected chi connectivity index (χ0v) is 14.1. The number of rotatable bonds is 5. The van der Waals surface area contributed by atoms with Gasteiger partial charge < -0.3 is 4.74 Å². The smallest absolute Gasteiger partial charge is 0.437 e. The summed E-state index contributed by atoms with van der Waals surface area (Å²) < 4.78 is 43.5. The van der Waals surface area contributed by atoms with Crippen molar-refractivity contribution >= 4 is 17.5 Å². The molecule has 0 aliphatic heterocycles. The van der Waals surface area contributed by atoms with Crippen LogP contribution in [-0.2, 0) is 17.6 Å². The molecule has 138 valence electrons. The van der Waals surface area contributed by atoms with Gasteiger partial charge in [0.1, 0.15) is 12.4 Å². The lowest BCUT2D eigenvalue weighted by Gasteiger charge is -2.11. The molecule has 1 N–H and O–H groups in total. The minimum atomic E-state index is -4.43. The van der Waals surface area contributed by atoms with Crippen LogP contribution in [0.3, 0.4) is 0 Å². The van der Waals surface area contributed by atoms with Crippen molar-refractivity contribution in [1.82, 2.24) is 0 Å². The number of carbonyl (C=O) groups excluding carboxylic acids is 1. The fraction of sp³-hybridized carbons (Fsp3) is 0.222. The van der Waals surface area contributed by atoms with Crippen LogP contribution in [0.1, 0.15) is 25.0 Å². The van der Waals surface area contributed by atoms with Gasteiger partial charge in [-0.15, -0.1) is 0 Å². The summed E-state index contributed by atoms with van der Waals surface area (Å²) in [5.41, 5.74) is 0.919. The van der Waals surface area contributed by atoms with Gasteiger partial charge in [-0.1, -0.05) is 23.4 Å². The maximum absolute atomic E-state index is 12.7. The lowest BCUT2D eigenvalue weighted by Crippen LogP contribution is -2.11. The Labute approximate surface area is 148 Å². The first-order valence-electron chi connectivity index (χ1n) is 7.62. The average molecular weight is 366 g/mol. The highest BCUT2D eigenvalue weighted by Crippen LogP contribution is 2.31. The van der Waals surface area contributed by atoms with Crippen molar-refractivity contribution in [3.63, 3.8) is 0 Å². The van der Waals surface area contributed by atoms with Crippen LogP contribution >= 0.6 is 0 Å². The molecule has 0 fully saturated rings. The number of carbonyl (C=O) groups is 1. The molecule has 2 aromatic carbocycles. The molecule has 0 aliphatic rings. The van der Waals surface area contributed by atoms with E-state index in [4.69, 9.17) is 4.74 Å². The van der Waals surface area contributed by atoms with E-state index in [0.717, 1.165) is 12.1 Å². The van der Waals surface area contributed by atoms with Gasteiger partial charge in [-0.3, -0.25) is 10.2 Å². The van der Waals surface area contributed by atoms with Crippen molar-refractivity contribution < 1.29 is 27.5 Å². The van der Waals surface area contributed by atoms with E-state index < -0.39 is 17.8 Å². The molecular weight excluding hydrogens is 349 g/mol. The molecule has 5 nitrogen and oxygen atoms in total. The number of hydrogen-bond donors (Lipinski definition) is 1. The highest BCUT2D eigenvalue weighted by molar-refractivity contribution is 5.86. The van der Waals surface area contributed by atoms with Crippen LogP contribution in [0.15, 0.2) is 53.7 Å². The average Bonchev–Trinajstić information content (AvgIpc) is 2.58. The minimum absolute atomic E-state index is 0.0398. The summed E-state index contributed by atoms with van der Waals surface area (Å²) in [6.45, 7) is 3.40. The third-order valence-corrected chi connectivity index (χ3v) is 3.05. The SMILES string of the molecule is CC(C)=NOC(=O)Nc1cccc(COc2cccc(C(F)(F)F)c2)c1. The van der Waals surface area contributed by atoms with Crippen LogP contribution in [0.5, 0.6) is 5.75 Å². The molecule has 0 saturated heterocycles. The molecule has 0 spiro atoms. The molecule has 2 rings (SSSR count). The van der Waals surface area contributed by atoms with Gasteiger partial charge in [-0.05, 0) is 49.7 Å². The van der Waals surface area contributed by atoms with E-state index in [0.29, 0.717) is 17.0 Å². The van der Waals surface area contributed by atoms with E-state index in [-0.39, 0.29) is 12.4 Å². The van der Waals surface area contributed by atoms with Gasteiger partial charge in [-0.25, -0.2) is 4.79 Å². The van der Waals surface area contributed by atoms with Crippen LogP contribution in [0.2, 0.25) is 0 Å². The second-order valence-electron chi connectivity index (χ2n) is 5.56. The Morgan fingerprint density at radius 3 is 2.54 bits per heavy atom. The molecular formula is C18H17F3N2O3. The summed E-state index contributed by atoms with van der Waals surface area (Å²) in [6.07, 6.45) is -5.18. The van der Waals surface area contributed by atoms with Crippen molar-refractivity contribution in [2.75, 3.05) is 5.32 Å². The first-order chi connectivity index (χ1) is 12.2. The number of alkyl halides is 3. The molecule has 0 aliphatic carbocycles. The predicted octanol–water partition coefficient (Wildman–Crippen LogP) is 5.23. The fourth-order valence-corrected chi connectivity index (χ4v) is 1.94. The highest BCUT2D eigenvalue weighted by atomic mass is 19.4. The molecule has 0 heterocycles. The van der Waals surface area contributed by atoms with Gasteiger partial charge in [-0.2, -0.15) is 13.2 Å². The Balaban J connectivity index is 1.99. The van der Waals surface area contributed by atoms with E-state index in [1.165, 1.54) is 12.1 Å². The normalized spacial score (nSPS) is 10.8. The Morgan fingerprint density at radius 1 is 1.12 bits per heavy atom. The Bertz CT molecular complexity index is 800. The minimum Gasteiger partial charge on any atom is -0.489 e. The Kier molecular flexibility index (Phi) is 6.21. The fourth-order valence-electron chi connectivity index (χ4n) is 1.94. The quantitative estimate of drug-likeness (QED) is 0.448. The molecule has 8 heteroatoms. The summed E-state index contributed by atoms with van der Waals surface area (Å²) in [5.74, 6) is 0.102. The zero-order valence-electron chi connectivity index (χ0n) is 14.1. The van der Waals surface area contributed by atoms with Gasteiger partial charge in [0.2, 0.25) is 0 Å². The van der Waals surface area contributed by atoms with Crippen LogP contribution in [0.4, 0.5) is 23.7 Å². The van der Waals surface area contributed by atoms with Crippen LogP contribution < -0.4 is 10.1 Å². The van der Waals surface area contributed by atoms with Gasteiger partial charge in [0, 0.05) is 5.69 Å². The molecule has 0 saturated carbocycles. The monoisotopic (exact) mass is 366 g/mol. The number of anilines is 1. The summed E-state index contributed by atoms with van der Waals surface area (Å²) in [5, 5.41) is 6.03. The third-order valence-electron chi connectivity index (χ3n) is 3.05. The summed E-state index contributed by atoms with van der Waals surface area (Å²) in [4.78, 5) is 16.2. The lowest BCUT2D eigenvalue weighted by molar-refractivity contribution is -0.137. The second-order valence-corrected chi connectivity index (χ2v) is 5.56. The predicted molar refractivity (Wildman–Crippen MR) is 91.1 cm³/mol. The van der Waals surface area contributed by atoms with E-state index >= 15 is 0 Å². The van der Waals surface area contributed by atoms with Gasteiger partial charge in [0.15, 0.2) is 0 Å². The summed E-state index contributed by atoms with van der Waals surface area (Å²) >= 11 is 0. The molecule has 1 amide bonds. The number of amides is 1. The molecule has 26 heavy (non-hydrogen) atoms. The van der Waals surface area contributed by atoms with Gasteiger partial charge >= 0.3 is 12.3 Å². The van der Waals surface area contributed by atoms with E-state index in [1.807, 2.05) is 0 Å².